The lowest BCUT2D eigenvalue weighted by molar-refractivity contribution is -0.118. The number of carbonyl (C=O) groups is 1. The van der Waals surface area contributed by atoms with E-state index < -0.39 is 0 Å². The van der Waals surface area contributed by atoms with Gasteiger partial charge in [0.2, 0.25) is 5.91 Å². The van der Waals surface area contributed by atoms with Crippen molar-refractivity contribution in [3.8, 4) is 22.9 Å². The summed E-state index contributed by atoms with van der Waals surface area (Å²) in [6.45, 7) is 5.35. The molecule has 7 nitrogen and oxygen atoms in total. The molecule has 0 unspecified atom stereocenters. The maximum atomic E-state index is 12.4. The average Bonchev–Trinajstić information content (AvgIpc) is 3.20. The topological polar surface area (TPSA) is 78.3 Å². The summed E-state index contributed by atoms with van der Waals surface area (Å²) in [4.78, 5) is 12.4. The standard InChI is InChI=1S/C23H28N4O3S/c1-5-27-22(18-8-6-7-16(2)13-18)25-26-23(27)31-15-21(28)24-12-11-17-14-19(29-3)9-10-20(17)30-4/h6-10,13-14H,5,11-12,15H2,1-4H3,(H,24,28). The number of nitrogens with one attached hydrogen (secondary N) is 1. The molecule has 164 valence electrons. The van der Waals surface area contributed by atoms with Gasteiger partial charge in [-0.15, -0.1) is 10.2 Å². The molecule has 0 bridgehead atoms. The molecule has 1 amide bonds. The zero-order valence-electron chi connectivity index (χ0n) is 18.3. The number of thioether (sulfide) groups is 1. The van der Waals surface area contributed by atoms with E-state index in [1.807, 2.05) is 41.8 Å². The van der Waals surface area contributed by atoms with Crippen LogP contribution in [-0.4, -0.2) is 47.2 Å². The molecule has 1 N–H and O–H groups in total. The molecular formula is C23H28N4O3S. The van der Waals surface area contributed by atoms with Crippen molar-refractivity contribution in [2.24, 2.45) is 0 Å². The summed E-state index contributed by atoms with van der Waals surface area (Å²) in [5, 5.41) is 12.3. The van der Waals surface area contributed by atoms with Gasteiger partial charge in [-0.2, -0.15) is 0 Å². The molecular weight excluding hydrogens is 412 g/mol. The molecule has 0 atom stereocenters. The normalized spacial score (nSPS) is 10.7. The van der Waals surface area contributed by atoms with Gasteiger partial charge < -0.3 is 19.4 Å². The van der Waals surface area contributed by atoms with Gasteiger partial charge >= 0.3 is 0 Å². The van der Waals surface area contributed by atoms with Crippen LogP contribution in [0.3, 0.4) is 0 Å². The number of benzene rings is 2. The molecule has 1 aromatic heterocycles. The van der Waals surface area contributed by atoms with Crippen LogP contribution in [0, 0.1) is 6.92 Å². The van der Waals surface area contributed by atoms with Crippen LogP contribution in [0.2, 0.25) is 0 Å². The first kappa shape index (κ1) is 22.7. The van der Waals surface area contributed by atoms with Crippen molar-refractivity contribution < 1.29 is 14.3 Å². The van der Waals surface area contributed by atoms with E-state index in [4.69, 9.17) is 9.47 Å². The molecule has 3 aromatic rings. The van der Waals surface area contributed by atoms with Crippen molar-refractivity contribution in [1.29, 1.82) is 0 Å². The monoisotopic (exact) mass is 440 g/mol. The summed E-state index contributed by atoms with van der Waals surface area (Å²) in [5.41, 5.74) is 3.19. The van der Waals surface area contributed by atoms with Crippen molar-refractivity contribution in [1.82, 2.24) is 20.1 Å². The van der Waals surface area contributed by atoms with Gasteiger partial charge in [-0.1, -0.05) is 35.5 Å². The molecule has 0 aliphatic heterocycles. The van der Waals surface area contributed by atoms with Gasteiger partial charge in [0, 0.05) is 18.7 Å². The second-order valence-corrected chi connectivity index (χ2v) is 7.93. The summed E-state index contributed by atoms with van der Waals surface area (Å²) in [6.07, 6.45) is 0.652. The Morgan fingerprint density at radius 1 is 1.13 bits per heavy atom. The summed E-state index contributed by atoms with van der Waals surface area (Å²) in [6, 6.07) is 13.8. The predicted octanol–water partition coefficient (Wildman–Crippen LogP) is 3.74. The van der Waals surface area contributed by atoms with Crippen molar-refractivity contribution in [3.63, 3.8) is 0 Å². The fourth-order valence-electron chi connectivity index (χ4n) is 3.27. The number of ether oxygens (including phenoxy) is 2. The fraction of sp³-hybridized carbons (Fsp3) is 0.348. The molecule has 0 aliphatic rings. The maximum Gasteiger partial charge on any atom is 0.230 e. The third-order valence-corrected chi connectivity index (χ3v) is 5.81. The molecule has 0 radical (unpaired) electrons. The fourth-order valence-corrected chi connectivity index (χ4v) is 4.11. The third-order valence-electron chi connectivity index (χ3n) is 4.85. The van der Waals surface area contributed by atoms with Crippen LogP contribution >= 0.6 is 11.8 Å². The zero-order valence-corrected chi connectivity index (χ0v) is 19.2. The first-order valence-corrected chi connectivity index (χ1v) is 11.1. The number of carbonyl (C=O) groups excluding carboxylic acids is 1. The molecule has 2 aromatic carbocycles. The van der Waals surface area contributed by atoms with Gasteiger partial charge in [0.15, 0.2) is 11.0 Å². The highest BCUT2D eigenvalue weighted by Crippen LogP contribution is 2.25. The quantitative estimate of drug-likeness (QED) is 0.484. The molecule has 0 aliphatic carbocycles. The average molecular weight is 441 g/mol. The van der Waals surface area contributed by atoms with Crippen molar-refractivity contribution in [2.45, 2.75) is 32.0 Å². The van der Waals surface area contributed by atoms with Crippen LogP contribution in [0.5, 0.6) is 11.5 Å². The summed E-state index contributed by atoms with van der Waals surface area (Å²) in [7, 11) is 3.26. The molecule has 0 saturated heterocycles. The predicted molar refractivity (Wildman–Crippen MR) is 123 cm³/mol. The Balaban J connectivity index is 1.56. The molecule has 0 saturated carbocycles. The Morgan fingerprint density at radius 2 is 1.97 bits per heavy atom. The van der Waals surface area contributed by atoms with Crippen molar-refractivity contribution >= 4 is 17.7 Å². The van der Waals surface area contributed by atoms with Crippen LogP contribution in [0.1, 0.15) is 18.1 Å². The number of hydrogen-bond donors (Lipinski definition) is 1. The highest BCUT2D eigenvalue weighted by molar-refractivity contribution is 7.99. The van der Waals surface area contributed by atoms with Crippen LogP contribution in [0.25, 0.3) is 11.4 Å². The Labute approximate surface area is 187 Å². The Morgan fingerprint density at radius 3 is 2.68 bits per heavy atom. The minimum Gasteiger partial charge on any atom is -0.497 e. The van der Waals surface area contributed by atoms with E-state index in [-0.39, 0.29) is 11.7 Å². The van der Waals surface area contributed by atoms with Gasteiger partial charge in [-0.05, 0) is 50.1 Å². The smallest absolute Gasteiger partial charge is 0.230 e. The lowest BCUT2D eigenvalue weighted by Crippen LogP contribution is -2.27. The summed E-state index contributed by atoms with van der Waals surface area (Å²) >= 11 is 1.39. The van der Waals surface area contributed by atoms with E-state index in [0.29, 0.717) is 13.0 Å². The summed E-state index contributed by atoms with van der Waals surface area (Å²) < 4.78 is 12.7. The Kier molecular flexibility index (Phi) is 7.94. The number of amides is 1. The van der Waals surface area contributed by atoms with Gasteiger partial charge in [-0.25, -0.2) is 0 Å². The lowest BCUT2D eigenvalue weighted by Gasteiger charge is -2.11. The largest absolute Gasteiger partial charge is 0.497 e. The Hall–Kier alpha value is -3.00. The first-order valence-electron chi connectivity index (χ1n) is 10.2. The molecule has 3 rings (SSSR count). The number of methoxy groups -OCH3 is 2. The van der Waals surface area contributed by atoms with E-state index in [1.54, 1.807) is 14.2 Å². The van der Waals surface area contributed by atoms with Crippen LogP contribution in [0.4, 0.5) is 0 Å². The highest BCUT2D eigenvalue weighted by atomic mass is 32.2. The first-order chi connectivity index (χ1) is 15.0. The number of aryl methyl sites for hydroxylation is 1. The van der Waals surface area contributed by atoms with E-state index in [0.717, 1.165) is 40.2 Å². The van der Waals surface area contributed by atoms with Crippen LogP contribution in [-0.2, 0) is 17.8 Å². The summed E-state index contributed by atoms with van der Waals surface area (Å²) in [5.74, 6) is 2.60. The van der Waals surface area contributed by atoms with Crippen molar-refractivity contribution in [3.05, 3.63) is 53.6 Å². The number of nitrogens with zero attached hydrogens (tertiary/aromatic N) is 3. The molecule has 0 fully saturated rings. The number of rotatable bonds is 10. The second-order valence-electron chi connectivity index (χ2n) is 6.99. The van der Waals surface area contributed by atoms with E-state index in [9.17, 15) is 4.79 Å². The van der Waals surface area contributed by atoms with E-state index in [1.165, 1.54) is 17.3 Å². The number of hydrogen-bond acceptors (Lipinski definition) is 6. The molecule has 0 spiro atoms. The minimum atomic E-state index is -0.0466. The van der Waals surface area contributed by atoms with E-state index >= 15 is 0 Å². The molecule has 1 heterocycles. The van der Waals surface area contributed by atoms with Crippen molar-refractivity contribution in [2.75, 3.05) is 26.5 Å². The highest BCUT2D eigenvalue weighted by Gasteiger charge is 2.15. The zero-order chi connectivity index (χ0) is 22.2. The van der Waals surface area contributed by atoms with E-state index in [2.05, 4.69) is 34.6 Å². The van der Waals surface area contributed by atoms with Crippen LogP contribution in [0.15, 0.2) is 47.6 Å². The minimum absolute atomic E-state index is 0.0466. The third kappa shape index (κ3) is 5.79. The lowest BCUT2D eigenvalue weighted by atomic mass is 10.1. The SMILES string of the molecule is CCn1c(SCC(=O)NCCc2cc(OC)ccc2OC)nnc1-c1cccc(C)c1. The maximum absolute atomic E-state index is 12.4. The molecule has 8 heteroatoms. The number of aromatic nitrogens is 3. The Bertz CT molecular complexity index is 1040. The second kappa shape index (κ2) is 10.9. The molecule has 31 heavy (non-hydrogen) atoms. The van der Waals surface area contributed by atoms with Gasteiger partial charge in [0.05, 0.1) is 20.0 Å². The van der Waals surface area contributed by atoms with Gasteiger partial charge in [0.25, 0.3) is 0 Å². The van der Waals surface area contributed by atoms with Gasteiger partial charge in [0.1, 0.15) is 11.5 Å². The van der Waals surface area contributed by atoms with Crippen LogP contribution < -0.4 is 14.8 Å². The van der Waals surface area contributed by atoms with Gasteiger partial charge in [-0.3, -0.25) is 4.79 Å².